The molecule has 0 aliphatic carbocycles. The van der Waals surface area contributed by atoms with Crippen molar-refractivity contribution in [1.82, 2.24) is 9.78 Å². The highest BCUT2D eigenvalue weighted by atomic mass is 19.4. The second-order valence-corrected chi connectivity index (χ2v) is 4.50. The molecule has 8 heteroatoms. The fourth-order valence-corrected chi connectivity index (χ4v) is 2.06. The molecule has 0 fully saturated rings. The van der Waals surface area contributed by atoms with Gasteiger partial charge >= 0.3 is 12.4 Å². The maximum atomic E-state index is 12.9. The minimum Gasteiger partial charge on any atom is -0.263 e. The Balaban J connectivity index is 3.42. The Kier molecular flexibility index (Phi) is 4.55. The zero-order valence-electron chi connectivity index (χ0n) is 11.1. The van der Waals surface area contributed by atoms with Crippen LogP contribution in [0, 0.1) is 5.92 Å². The third-order valence-corrected chi connectivity index (χ3v) is 2.73. The third-order valence-electron chi connectivity index (χ3n) is 2.73. The van der Waals surface area contributed by atoms with Gasteiger partial charge in [0.2, 0.25) is 0 Å². The normalized spacial score (nSPS) is 15.1. The first kappa shape index (κ1) is 16.6. The van der Waals surface area contributed by atoms with E-state index in [0.29, 0.717) is 0 Å². The van der Waals surface area contributed by atoms with Gasteiger partial charge in [0.15, 0.2) is 5.69 Å². The Morgan fingerprint density at radius 1 is 1.15 bits per heavy atom. The van der Waals surface area contributed by atoms with Gasteiger partial charge < -0.3 is 0 Å². The van der Waals surface area contributed by atoms with Crippen molar-refractivity contribution in [2.45, 2.75) is 32.6 Å². The van der Waals surface area contributed by atoms with Gasteiger partial charge in [0.25, 0.3) is 0 Å². The van der Waals surface area contributed by atoms with Crippen LogP contribution in [-0.4, -0.2) is 9.78 Å². The molecule has 0 radical (unpaired) electrons. The Morgan fingerprint density at radius 2 is 1.70 bits per heavy atom. The summed E-state index contributed by atoms with van der Waals surface area (Å²) in [6.45, 7) is 3.20. The molecule has 0 saturated heterocycles. The molecule has 1 aromatic rings. The molecule has 0 saturated carbocycles. The molecule has 1 aromatic heterocycles. The van der Waals surface area contributed by atoms with Crippen molar-refractivity contribution in [3.8, 4) is 0 Å². The summed E-state index contributed by atoms with van der Waals surface area (Å²) in [7, 11) is 0.863. The van der Waals surface area contributed by atoms with Crippen LogP contribution in [0.5, 0.6) is 0 Å². The summed E-state index contributed by atoms with van der Waals surface area (Å²) < 4.78 is 77.4. The number of nitrogens with zero attached hydrogens (tertiary/aromatic N) is 2. The van der Waals surface area contributed by atoms with Crippen LogP contribution in [0.1, 0.15) is 30.8 Å². The van der Waals surface area contributed by atoms with Crippen molar-refractivity contribution in [3.63, 3.8) is 0 Å². The monoisotopic (exact) mass is 300 g/mol. The molecule has 2 nitrogen and oxygen atoms in total. The van der Waals surface area contributed by atoms with Gasteiger partial charge in [-0.05, 0) is 19.3 Å². The molecular weight excluding hydrogens is 286 g/mol. The molecule has 20 heavy (non-hydrogen) atoms. The SMILES string of the molecule is C/C=C\C(C)Cc1c(C(F)(F)F)nn(C)c1C(F)(F)F. The van der Waals surface area contributed by atoms with Gasteiger partial charge in [-0.3, -0.25) is 4.68 Å². The average Bonchev–Trinajstić information content (AvgIpc) is 2.54. The lowest BCUT2D eigenvalue weighted by molar-refractivity contribution is -0.145. The lowest BCUT2D eigenvalue weighted by Crippen LogP contribution is -2.16. The van der Waals surface area contributed by atoms with Crippen LogP contribution in [0.15, 0.2) is 12.2 Å². The Bertz CT molecular complexity index is 495. The maximum absolute atomic E-state index is 12.9. The first-order chi connectivity index (χ1) is 8.98. The smallest absolute Gasteiger partial charge is 0.263 e. The lowest BCUT2D eigenvalue weighted by Gasteiger charge is -2.13. The van der Waals surface area contributed by atoms with Crippen LogP contribution in [0.25, 0.3) is 0 Å². The second kappa shape index (κ2) is 5.49. The molecule has 0 bridgehead atoms. The molecule has 0 spiro atoms. The Hall–Kier alpha value is -1.47. The van der Waals surface area contributed by atoms with E-state index in [4.69, 9.17) is 0 Å². The number of allylic oxidation sites excluding steroid dienone is 2. The molecular formula is C12H14F6N2. The van der Waals surface area contributed by atoms with Gasteiger partial charge in [-0.1, -0.05) is 19.1 Å². The van der Waals surface area contributed by atoms with E-state index in [0.717, 1.165) is 7.05 Å². The van der Waals surface area contributed by atoms with Gasteiger partial charge in [0.1, 0.15) is 5.69 Å². The first-order valence-corrected chi connectivity index (χ1v) is 5.81. The van der Waals surface area contributed by atoms with Crippen molar-refractivity contribution in [2.24, 2.45) is 13.0 Å². The van der Waals surface area contributed by atoms with E-state index in [9.17, 15) is 26.3 Å². The van der Waals surface area contributed by atoms with Gasteiger partial charge in [-0.15, -0.1) is 0 Å². The number of halogens is 6. The summed E-state index contributed by atoms with van der Waals surface area (Å²) in [6, 6.07) is 0. The van der Waals surface area contributed by atoms with Gasteiger partial charge in [0.05, 0.1) is 0 Å². The fraction of sp³-hybridized carbons (Fsp3) is 0.583. The predicted octanol–water partition coefficient (Wildman–Crippen LogP) is 4.21. The summed E-state index contributed by atoms with van der Waals surface area (Å²) >= 11 is 0. The highest BCUT2D eigenvalue weighted by Gasteiger charge is 2.45. The van der Waals surface area contributed by atoms with E-state index in [1.807, 2.05) is 0 Å². The van der Waals surface area contributed by atoms with Gasteiger partial charge in [-0.25, -0.2) is 0 Å². The quantitative estimate of drug-likeness (QED) is 0.604. The minimum atomic E-state index is -4.91. The molecule has 1 rings (SSSR count). The average molecular weight is 300 g/mol. The van der Waals surface area contributed by atoms with Crippen molar-refractivity contribution in [1.29, 1.82) is 0 Å². The number of alkyl halides is 6. The molecule has 1 atom stereocenters. The van der Waals surface area contributed by atoms with E-state index in [2.05, 4.69) is 5.10 Å². The lowest BCUT2D eigenvalue weighted by atomic mass is 9.98. The van der Waals surface area contributed by atoms with E-state index in [1.165, 1.54) is 0 Å². The summed E-state index contributed by atoms with van der Waals surface area (Å²) in [4.78, 5) is 0. The molecule has 1 unspecified atom stereocenters. The first-order valence-electron chi connectivity index (χ1n) is 5.81. The van der Waals surface area contributed by atoms with Crippen LogP contribution >= 0.6 is 0 Å². The van der Waals surface area contributed by atoms with Crippen LogP contribution in [-0.2, 0) is 25.8 Å². The summed E-state index contributed by atoms with van der Waals surface area (Å²) in [5, 5.41) is 3.01. The van der Waals surface area contributed by atoms with Crippen molar-refractivity contribution < 1.29 is 26.3 Å². The highest BCUT2D eigenvalue weighted by molar-refractivity contribution is 5.31. The molecule has 0 N–H and O–H groups in total. The van der Waals surface area contributed by atoms with Gasteiger partial charge in [0, 0.05) is 12.6 Å². The third kappa shape index (κ3) is 3.55. The fourth-order valence-electron chi connectivity index (χ4n) is 2.06. The molecule has 0 aliphatic heterocycles. The number of aryl methyl sites for hydroxylation is 1. The molecule has 0 amide bonds. The number of hydrogen-bond acceptors (Lipinski definition) is 1. The van der Waals surface area contributed by atoms with Crippen LogP contribution in [0.4, 0.5) is 26.3 Å². The summed E-state index contributed by atoms with van der Waals surface area (Å²) in [6.07, 6.45) is -7.03. The molecule has 114 valence electrons. The molecule has 0 aliphatic rings. The maximum Gasteiger partial charge on any atom is 0.435 e. The number of hydrogen-bond donors (Lipinski definition) is 0. The number of rotatable bonds is 3. The van der Waals surface area contributed by atoms with Crippen LogP contribution < -0.4 is 0 Å². The summed E-state index contributed by atoms with van der Waals surface area (Å²) in [5.41, 5.74) is -3.62. The zero-order chi connectivity index (χ0) is 15.7. The number of aromatic nitrogens is 2. The van der Waals surface area contributed by atoms with Crippen molar-refractivity contribution in [2.75, 3.05) is 0 Å². The van der Waals surface area contributed by atoms with Crippen LogP contribution in [0.3, 0.4) is 0 Å². The van der Waals surface area contributed by atoms with Gasteiger partial charge in [-0.2, -0.15) is 31.4 Å². The van der Waals surface area contributed by atoms with Crippen LogP contribution in [0.2, 0.25) is 0 Å². The predicted molar refractivity (Wildman–Crippen MR) is 60.9 cm³/mol. The van der Waals surface area contributed by atoms with E-state index in [1.54, 1.807) is 26.0 Å². The van der Waals surface area contributed by atoms with Crippen molar-refractivity contribution >= 4 is 0 Å². The second-order valence-electron chi connectivity index (χ2n) is 4.50. The zero-order valence-corrected chi connectivity index (χ0v) is 11.1. The minimum absolute atomic E-state index is 0.251. The molecule has 0 aromatic carbocycles. The van der Waals surface area contributed by atoms with Crippen molar-refractivity contribution in [3.05, 3.63) is 29.1 Å². The largest absolute Gasteiger partial charge is 0.435 e. The van der Waals surface area contributed by atoms with E-state index >= 15 is 0 Å². The van der Waals surface area contributed by atoms with E-state index in [-0.39, 0.29) is 11.1 Å². The standard InChI is InChI=1S/C12H14F6N2/c1-4-5-7(2)6-8-9(11(13,14)15)19-20(3)10(8)12(16,17)18/h4-5,7H,6H2,1-3H3/b5-4-. The topological polar surface area (TPSA) is 17.8 Å². The van der Waals surface area contributed by atoms with E-state index < -0.39 is 35.2 Å². The molecule has 1 heterocycles. The Morgan fingerprint density at radius 3 is 2.10 bits per heavy atom. The Labute approximate surface area is 112 Å². The summed E-state index contributed by atoms with van der Waals surface area (Å²) in [5.74, 6) is -0.452. The highest BCUT2D eigenvalue weighted by Crippen LogP contribution is 2.39.